The van der Waals surface area contributed by atoms with Gasteiger partial charge in [-0.1, -0.05) is 24.3 Å². The van der Waals surface area contributed by atoms with Crippen LogP contribution in [0.1, 0.15) is 21.5 Å². The molecule has 0 radical (unpaired) electrons. The van der Waals surface area contributed by atoms with Gasteiger partial charge in [0.15, 0.2) is 0 Å². The normalized spacial score (nSPS) is 10.8. The Morgan fingerprint density at radius 3 is 2.77 bits per heavy atom. The first kappa shape index (κ1) is 14.4. The molecule has 0 aliphatic carbocycles. The zero-order valence-electron chi connectivity index (χ0n) is 13.0. The maximum Gasteiger partial charge on any atom is 0.251 e. The van der Waals surface area contributed by atoms with Crippen molar-refractivity contribution < 1.29 is 4.79 Å². The van der Waals surface area contributed by atoms with Crippen LogP contribution in [0.2, 0.25) is 0 Å². The number of amides is 1. The molecular formula is C19H20N2O. The van der Waals surface area contributed by atoms with Crippen LogP contribution in [0.25, 0.3) is 10.9 Å². The van der Waals surface area contributed by atoms with Crippen molar-refractivity contribution in [2.45, 2.75) is 13.3 Å². The van der Waals surface area contributed by atoms with E-state index < -0.39 is 0 Å². The van der Waals surface area contributed by atoms with E-state index in [1.807, 2.05) is 49.6 Å². The first-order valence-corrected chi connectivity index (χ1v) is 7.53. The second kappa shape index (κ2) is 6.06. The summed E-state index contributed by atoms with van der Waals surface area (Å²) in [4.78, 5) is 12.3. The Balaban J connectivity index is 1.65. The molecule has 0 unspecified atom stereocenters. The lowest BCUT2D eigenvalue weighted by atomic mass is 10.1. The van der Waals surface area contributed by atoms with Crippen LogP contribution in [0.3, 0.4) is 0 Å². The number of hydrogen-bond donors (Lipinski definition) is 1. The summed E-state index contributed by atoms with van der Waals surface area (Å²) in [7, 11) is 2.00. The molecule has 3 heteroatoms. The fourth-order valence-electron chi connectivity index (χ4n) is 2.73. The van der Waals surface area contributed by atoms with Gasteiger partial charge in [-0.15, -0.1) is 0 Å². The quantitative estimate of drug-likeness (QED) is 0.785. The van der Waals surface area contributed by atoms with Crippen molar-refractivity contribution in [2.75, 3.05) is 6.54 Å². The van der Waals surface area contributed by atoms with Crippen molar-refractivity contribution in [1.82, 2.24) is 9.88 Å². The molecule has 3 rings (SSSR count). The van der Waals surface area contributed by atoms with Gasteiger partial charge in [0, 0.05) is 36.3 Å². The minimum Gasteiger partial charge on any atom is -0.352 e. The number of carbonyl (C=O) groups excluding carboxylic acids is 1. The first-order chi connectivity index (χ1) is 10.6. The van der Waals surface area contributed by atoms with Crippen LogP contribution in [-0.2, 0) is 13.5 Å². The lowest BCUT2D eigenvalue weighted by Crippen LogP contribution is -2.25. The van der Waals surface area contributed by atoms with Crippen LogP contribution in [-0.4, -0.2) is 17.0 Å². The Morgan fingerprint density at radius 2 is 1.95 bits per heavy atom. The summed E-state index contributed by atoms with van der Waals surface area (Å²) in [5.74, 6) is -0.0145. The number of rotatable bonds is 4. The third kappa shape index (κ3) is 2.89. The largest absolute Gasteiger partial charge is 0.352 e. The predicted molar refractivity (Wildman–Crippen MR) is 90.1 cm³/mol. The Bertz CT molecular complexity index is 817. The highest BCUT2D eigenvalue weighted by atomic mass is 16.1. The summed E-state index contributed by atoms with van der Waals surface area (Å²) in [6.45, 7) is 2.75. The van der Waals surface area contributed by atoms with E-state index in [-0.39, 0.29) is 5.91 Å². The third-order valence-electron chi connectivity index (χ3n) is 4.09. The molecule has 112 valence electrons. The molecule has 1 heterocycles. The first-order valence-electron chi connectivity index (χ1n) is 7.53. The van der Waals surface area contributed by atoms with Gasteiger partial charge in [0.1, 0.15) is 0 Å². The lowest BCUT2D eigenvalue weighted by Gasteiger charge is -2.08. The van der Waals surface area contributed by atoms with Gasteiger partial charge in [0.25, 0.3) is 5.91 Å². The summed E-state index contributed by atoms with van der Waals surface area (Å²) < 4.78 is 2.05. The molecule has 0 aliphatic rings. The van der Waals surface area contributed by atoms with Gasteiger partial charge < -0.3 is 9.88 Å². The Labute approximate surface area is 130 Å². The van der Waals surface area contributed by atoms with Crippen molar-refractivity contribution in [3.05, 3.63) is 71.4 Å². The van der Waals surface area contributed by atoms with Crippen LogP contribution in [0.4, 0.5) is 0 Å². The lowest BCUT2D eigenvalue weighted by molar-refractivity contribution is 0.0954. The van der Waals surface area contributed by atoms with Crippen LogP contribution in [0.5, 0.6) is 0 Å². The van der Waals surface area contributed by atoms with Crippen LogP contribution < -0.4 is 5.32 Å². The second-order valence-electron chi connectivity index (χ2n) is 5.63. The van der Waals surface area contributed by atoms with Gasteiger partial charge >= 0.3 is 0 Å². The molecule has 0 aliphatic heterocycles. The van der Waals surface area contributed by atoms with Crippen LogP contribution in [0, 0.1) is 6.92 Å². The molecule has 0 saturated carbocycles. The number of aryl methyl sites for hydroxylation is 2. The van der Waals surface area contributed by atoms with Gasteiger partial charge in [0.2, 0.25) is 0 Å². The Hall–Kier alpha value is -2.55. The summed E-state index contributed by atoms with van der Waals surface area (Å²) in [5, 5.41) is 4.09. The van der Waals surface area contributed by atoms with Gasteiger partial charge in [-0.05, 0) is 48.7 Å². The molecule has 2 aromatic carbocycles. The monoisotopic (exact) mass is 292 g/mol. The number of nitrogens with zero attached hydrogens (tertiary/aromatic N) is 1. The van der Waals surface area contributed by atoms with Crippen LogP contribution in [0.15, 0.2) is 54.7 Å². The molecule has 3 aromatic rings. The zero-order valence-corrected chi connectivity index (χ0v) is 13.0. The van der Waals surface area contributed by atoms with Gasteiger partial charge in [0.05, 0.1) is 0 Å². The highest BCUT2D eigenvalue weighted by Gasteiger charge is 2.07. The maximum absolute atomic E-state index is 12.3. The molecule has 1 aromatic heterocycles. The Kier molecular flexibility index (Phi) is 3.96. The van der Waals surface area contributed by atoms with Crippen LogP contribution >= 0.6 is 0 Å². The number of aromatic nitrogens is 1. The predicted octanol–water partition coefficient (Wildman–Crippen LogP) is 3.46. The molecule has 0 atom stereocenters. The average molecular weight is 292 g/mol. The third-order valence-corrected chi connectivity index (χ3v) is 4.09. The van der Waals surface area contributed by atoms with Crippen molar-refractivity contribution in [1.29, 1.82) is 0 Å². The van der Waals surface area contributed by atoms with Crippen molar-refractivity contribution >= 4 is 16.8 Å². The molecule has 22 heavy (non-hydrogen) atoms. The number of hydrogen-bond acceptors (Lipinski definition) is 1. The highest BCUT2D eigenvalue weighted by molar-refractivity contribution is 5.98. The average Bonchev–Trinajstić information content (AvgIpc) is 2.90. The fourth-order valence-corrected chi connectivity index (χ4v) is 2.73. The molecular weight excluding hydrogens is 272 g/mol. The van der Waals surface area contributed by atoms with Crippen molar-refractivity contribution in [2.24, 2.45) is 7.05 Å². The van der Waals surface area contributed by atoms with Crippen molar-refractivity contribution in [3.8, 4) is 0 Å². The van der Waals surface area contributed by atoms with E-state index in [2.05, 4.69) is 28.9 Å². The molecule has 0 bridgehead atoms. The SMILES string of the molecule is Cc1ccccc1CCNC(=O)c1ccc2c(ccn2C)c1. The second-order valence-corrected chi connectivity index (χ2v) is 5.63. The van der Waals surface area contributed by atoms with Crippen molar-refractivity contribution in [3.63, 3.8) is 0 Å². The smallest absolute Gasteiger partial charge is 0.251 e. The van der Waals surface area contributed by atoms with E-state index in [4.69, 9.17) is 0 Å². The standard InChI is InChI=1S/C19H20N2O/c1-14-5-3-4-6-15(14)9-11-20-19(22)17-7-8-18-16(13-17)10-12-21(18)2/h3-8,10,12-13H,9,11H2,1-2H3,(H,20,22). The van der Waals surface area contributed by atoms with E-state index in [0.29, 0.717) is 12.1 Å². The highest BCUT2D eigenvalue weighted by Crippen LogP contribution is 2.16. The zero-order chi connectivity index (χ0) is 15.5. The summed E-state index contributed by atoms with van der Waals surface area (Å²) in [5.41, 5.74) is 4.39. The summed E-state index contributed by atoms with van der Waals surface area (Å²) in [6.07, 6.45) is 2.86. The van der Waals surface area contributed by atoms with E-state index in [1.54, 1.807) is 0 Å². The summed E-state index contributed by atoms with van der Waals surface area (Å²) in [6, 6.07) is 16.1. The fraction of sp³-hybridized carbons (Fsp3) is 0.211. The number of carbonyl (C=O) groups is 1. The maximum atomic E-state index is 12.3. The van der Waals surface area contributed by atoms with E-state index in [9.17, 15) is 4.79 Å². The minimum atomic E-state index is -0.0145. The molecule has 3 nitrogen and oxygen atoms in total. The molecule has 0 fully saturated rings. The molecule has 1 N–H and O–H groups in total. The summed E-state index contributed by atoms with van der Waals surface area (Å²) >= 11 is 0. The molecule has 0 spiro atoms. The van der Waals surface area contributed by atoms with E-state index >= 15 is 0 Å². The van der Waals surface area contributed by atoms with Gasteiger partial charge in [-0.25, -0.2) is 0 Å². The topological polar surface area (TPSA) is 34.0 Å². The van der Waals surface area contributed by atoms with E-state index in [1.165, 1.54) is 11.1 Å². The molecule has 1 amide bonds. The molecule has 0 saturated heterocycles. The minimum absolute atomic E-state index is 0.0145. The number of benzene rings is 2. The number of fused-ring (bicyclic) bond motifs is 1. The van der Waals surface area contributed by atoms with E-state index in [0.717, 1.165) is 17.3 Å². The number of nitrogens with one attached hydrogen (secondary N) is 1. The van der Waals surface area contributed by atoms with Gasteiger partial charge in [-0.2, -0.15) is 0 Å². The van der Waals surface area contributed by atoms with Gasteiger partial charge in [-0.3, -0.25) is 4.79 Å². The Morgan fingerprint density at radius 1 is 1.14 bits per heavy atom.